The number of ketones is 1. The summed E-state index contributed by atoms with van der Waals surface area (Å²) < 4.78 is 5.25. The molecule has 100 valence electrons. The van der Waals surface area contributed by atoms with E-state index in [-0.39, 0.29) is 5.92 Å². The van der Waals surface area contributed by atoms with E-state index in [2.05, 4.69) is 26.0 Å². The molecule has 0 N–H and O–H groups in total. The molecule has 0 aliphatic heterocycles. The summed E-state index contributed by atoms with van der Waals surface area (Å²) in [4.78, 5) is 11.6. The average Bonchev–Trinajstić information content (AvgIpc) is 2.31. The molecule has 0 saturated carbocycles. The summed E-state index contributed by atoms with van der Waals surface area (Å²) in [7, 11) is 1.69. The monoisotopic (exact) mass is 248 g/mol. The predicted octanol–water partition coefficient (Wildman–Crippen LogP) is 3.86. The number of carbonyl (C=O) groups excluding carboxylic acids is 1. The van der Waals surface area contributed by atoms with E-state index in [1.165, 1.54) is 16.7 Å². The van der Waals surface area contributed by atoms with E-state index in [1.807, 2.05) is 13.8 Å². The van der Waals surface area contributed by atoms with Gasteiger partial charge >= 0.3 is 0 Å². The second kappa shape index (κ2) is 6.58. The van der Waals surface area contributed by atoms with Crippen LogP contribution in [0, 0.1) is 19.8 Å². The van der Waals surface area contributed by atoms with Gasteiger partial charge in [-0.1, -0.05) is 13.8 Å². The molecule has 0 aliphatic carbocycles. The first-order valence-corrected chi connectivity index (χ1v) is 6.62. The quantitative estimate of drug-likeness (QED) is 0.764. The third kappa shape index (κ3) is 3.86. The number of methoxy groups -OCH3 is 1. The van der Waals surface area contributed by atoms with Crippen LogP contribution in [-0.4, -0.2) is 12.9 Å². The molecule has 1 aromatic carbocycles. The van der Waals surface area contributed by atoms with Gasteiger partial charge in [-0.3, -0.25) is 4.79 Å². The highest BCUT2D eigenvalue weighted by atomic mass is 16.5. The Morgan fingerprint density at radius 3 is 2.22 bits per heavy atom. The zero-order chi connectivity index (χ0) is 13.7. The predicted molar refractivity (Wildman–Crippen MR) is 75.3 cm³/mol. The number of ether oxygens (including phenoxy) is 1. The van der Waals surface area contributed by atoms with Crippen LogP contribution in [0.3, 0.4) is 0 Å². The third-order valence-corrected chi connectivity index (χ3v) is 3.40. The molecule has 0 bridgehead atoms. The summed E-state index contributed by atoms with van der Waals surface area (Å²) in [6.07, 6.45) is 2.59. The molecular formula is C16H24O2. The van der Waals surface area contributed by atoms with Gasteiger partial charge in [0.15, 0.2) is 0 Å². The van der Waals surface area contributed by atoms with Gasteiger partial charge in [0.1, 0.15) is 11.5 Å². The summed E-state index contributed by atoms with van der Waals surface area (Å²) in [5, 5.41) is 0. The van der Waals surface area contributed by atoms with Gasteiger partial charge in [-0.25, -0.2) is 0 Å². The molecule has 2 heteroatoms. The molecule has 0 heterocycles. The van der Waals surface area contributed by atoms with Gasteiger partial charge in [0.2, 0.25) is 0 Å². The zero-order valence-corrected chi connectivity index (χ0v) is 12.2. The Balaban J connectivity index is 2.65. The Bertz CT molecular complexity index is 396. The van der Waals surface area contributed by atoms with Crippen molar-refractivity contribution in [2.24, 2.45) is 5.92 Å². The highest BCUT2D eigenvalue weighted by molar-refractivity contribution is 5.80. The minimum atomic E-state index is 0.156. The van der Waals surface area contributed by atoms with Gasteiger partial charge < -0.3 is 4.74 Å². The Morgan fingerprint density at radius 1 is 1.22 bits per heavy atom. The standard InChI is InChI=1S/C16H24O2/c1-11(2)16(17)8-6-7-15-12(3)9-14(18-5)10-13(15)4/h9-11H,6-8H2,1-5H3. The molecular weight excluding hydrogens is 224 g/mol. The average molecular weight is 248 g/mol. The van der Waals surface area contributed by atoms with Crippen molar-refractivity contribution < 1.29 is 9.53 Å². The topological polar surface area (TPSA) is 26.3 Å². The van der Waals surface area contributed by atoms with E-state index < -0.39 is 0 Å². The van der Waals surface area contributed by atoms with Crippen LogP contribution >= 0.6 is 0 Å². The van der Waals surface area contributed by atoms with Crippen molar-refractivity contribution in [3.8, 4) is 5.75 Å². The largest absolute Gasteiger partial charge is 0.497 e. The summed E-state index contributed by atoms with van der Waals surface area (Å²) in [6, 6.07) is 4.12. The molecule has 18 heavy (non-hydrogen) atoms. The summed E-state index contributed by atoms with van der Waals surface area (Å²) in [5.41, 5.74) is 3.86. The van der Waals surface area contributed by atoms with Gasteiger partial charge in [0, 0.05) is 12.3 Å². The smallest absolute Gasteiger partial charge is 0.135 e. The van der Waals surface area contributed by atoms with Crippen molar-refractivity contribution in [1.82, 2.24) is 0 Å². The normalized spacial score (nSPS) is 10.8. The minimum absolute atomic E-state index is 0.156. The zero-order valence-electron chi connectivity index (χ0n) is 12.2. The van der Waals surface area contributed by atoms with Crippen molar-refractivity contribution in [3.05, 3.63) is 28.8 Å². The van der Waals surface area contributed by atoms with Gasteiger partial charge in [-0.15, -0.1) is 0 Å². The van der Waals surface area contributed by atoms with Crippen molar-refractivity contribution in [3.63, 3.8) is 0 Å². The van der Waals surface area contributed by atoms with Crippen LogP contribution in [0.4, 0.5) is 0 Å². The molecule has 0 aliphatic rings. The van der Waals surface area contributed by atoms with Gasteiger partial charge in [0.25, 0.3) is 0 Å². The number of rotatable bonds is 6. The third-order valence-electron chi connectivity index (χ3n) is 3.40. The van der Waals surface area contributed by atoms with Crippen LogP contribution in [-0.2, 0) is 11.2 Å². The van der Waals surface area contributed by atoms with Crippen molar-refractivity contribution in [2.75, 3.05) is 7.11 Å². The molecule has 0 aromatic heterocycles. The van der Waals surface area contributed by atoms with Crippen LogP contribution in [0.5, 0.6) is 5.75 Å². The number of hydrogen-bond acceptors (Lipinski definition) is 2. The maximum Gasteiger partial charge on any atom is 0.135 e. The molecule has 1 aromatic rings. The fourth-order valence-corrected chi connectivity index (χ4v) is 2.19. The van der Waals surface area contributed by atoms with E-state index in [0.717, 1.165) is 18.6 Å². The number of benzene rings is 1. The summed E-state index contributed by atoms with van der Waals surface area (Å²) in [6.45, 7) is 8.14. The van der Waals surface area contributed by atoms with E-state index in [4.69, 9.17) is 4.74 Å². The Kier molecular flexibility index (Phi) is 5.39. The van der Waals surface area contributed by atoms with E-state index in [1.54, 1.807) is 7.11 Å². The molecule has 2 nitrogen and oxygen atoms in total. The highest BCUT2D eigenvalue weighted by Gasteiger charge is 2.09. The molecule has 1 rings (SSSR count). The van der Waals surface area contributed by atoms with Crippen LogP contribution in [0.25, 0.3) is 0 Å². The van der Waals surface area contributed by atoms with Crippen LogP contribution < -0.4 is 4.74 Å². The molecule has 0 saturated heterocycles. The van der Waals surface area contributed by atoms with Crippen molar-refractivity contribution in [2.45, 2.75) is 47.0 Å². The lowest BCUT2D eigenvalue weighted by atomic mass is 9.95. The minimum Gasteiger partial charge on any atom is -0.497 e. The molecule has 0 unspecified atom stereocenters. The van der Waals surface area contributed by atoms with Gasteiger partial charge in [0.05, 0.1) is 7.11 Å². The lowest BCUT2D eigenvalue weighted by Crippen LogP contribution is -2.07. The number of Topliss-reactive ketones (excluding diaryl/α,β-unsaturated/α-hetero) is 1. The Morgan fingerprint density at radius 2 is 1.78 bits per heavy atom. The first-order valence-electron chi connectivity index (χ1n) is 6.62. The van der Waals surface area contributed by atoms with Crippen LogP contribution in [0.2, 0.25) is 0 Å². The molecule has 0 atom stereocenters. The molecule has 0 fully saturated rings. The fraction of sp³-hybridized carbons (Fsp3) is 0.562. The van der Waals surface area contributed by atoms with Gasteiger partial charge in [-0.05, 0) is 55.5 Å². The maximum atomic E-state index is 11.6. The second-order valence-electron chi connectivity index (χ2n) is 5.21. The summed E-state index contributed by atoms with van der Waals surface area (Å²) >= 11 is 0. The fourth-order valence-electron chi connectivity index (χ4n) is 2.19. The number of hydrogen-bond donors (Lipinski definition) is 0. The lowest BCUT2D eigenvalue weighted by molar-refractivity contribution is -0.121. The Hall–Kier alpha value is -1.31. The summed E-state index contributed by atoms with van der Waals surface area (Å²) in [5.74, 6) is 1.42. The Labute approximate surface area is 110 Å². The van der Waals surface area contributed by atoms with Crippen LogP contribution in [0.1, 0.15) is 43.4 Å². The van der Waals surface area contributed by atoms with E-state index in [0.29, 0.717) is 12.2 Å². The van der Waals surface area contributed by atoms with Crippen molar-refractivity contribution in [1.29, 1.82) is 0 Å². The van der Waals surface area contributed by atoms with Gasteiger partial charge in [-0.2, -0.15) is 0 Å². The highest BCUT2D eigenvalue weighted by Crippen LogP contribution is 2.23. The second-order valence-corrected chi connectivity index (χ2v) is 5.21. The first-order chi connectivity index (χ1) is 8.45. The lowest BCUT2D eigenvalue weighted by Gasteiger charge is -2.12. The molecule has 0 spiro atoms. The SMILES string of the molecule is COc1cc(C)c(CCCC(=O)C(C)C)c(C)c1. The van der Waals surface area contributed by atoms with E-state index >= 15 is 0 Å². The number of carbonyl (C=O) groups is 1. The molecule has 0 radical (unpaired) electrons. The number of aryl methyl sites for hydroxylation is 2. The molecule has 0 amide bonds. The maximum absolute atomic E-state index is 11.6. The van der Waals surface area contributed by atoms with E-state index in [9.17, 15) is 4.79 Å². The first kappa shape index (κ1) is 14.7. The van der Waals surface area contributed by atoms with Crippen molar-refractivity contribution >= 4 is 5.78 Å². The van der Waals surface area contributed by atoms with Crippen LogP contribution in [0.15, 0.2) is 12.1 Å².